The topological polar surface area (TPSA) is 71.8 Å². The van der Waals surface area contributed by atoms with Gasteiger partial charge in [-0.1, -0.05) is 18.2 Å². The maximum Gasteiger partial charge on any atom is 0.321 e. The Hall–Kier alpha value is -3.09. The highest BCUT2D eigenvalue weighted by atomic mass is 16.5. The van der Waals surface area contributed by atoms with E-state index in [-0.39, 0.29) is 6.03 Å². The molecule has 1 aliphatic carbocycles. The average Bonchev–Trinajstić information content (AvgIpc) is 3.52. The Morgan fingerprint density at radius 3 is 2.62 bits per heavy atom. The lowest BCUT2D eigenvalue weighted by Gasteiger charge is -2.31. The Morgan fingerprint density at radius 2 is 1.86 bits per heavy atom. The van der Waals surface area contributed by atoms with Gasteiger partial charge in [0.2, 0.25) is 5.88 Å². The highest BCUT2D eigenvalue weighted by Crippen LogP contribution is 2.39. The highest BCUT2D eigenvalue weighted by Gasteiger charge is 2.26. The van der Waals surface area contributed by atoms with Crippen molar-refractivity contribution in [2.45, 2.75) is 31.6 Å². The number of rotatable bonds is 5. The summed E-state index contributed by atoms with van der Waals surface area (Å²) < 4.78 is 7.77. The molecule has 7 nitrogen and oxygen atoms in total. The van der Waals surface area contributed by atoms with E-state index in [1.807, 2.05) is 58.1 Å². The molecule has 29 heavy (non-hydrogen) atoms. The minimum Gasteiger partial charge on any atom is -0.476 e. The summed E-state index contributed by atoms with van der Waals surface area (Å²) in [4.78, 5) is 18.9. The van der Waals surface area contributed by atoms with Gasteiger partial charge in [-0.25, -0.2) is 14.3 Å². The Balaban J connectivity index is 1.11. The normalized spacial score (nSPS) is 17.4. The Morgan fingerprint density at radius 1 is 1.07 bits per heavy atom. The van der Waals surface area contributed by atoms with E-state index in [1.54, 1.807) is 0 Å². The number of ether oxygens (including phenoxy) is 1. The van der Waals surface area contributed by atoms with Gasteiger partial charge in [-0.2, -0.15) is 0 Å². The van der Waals surface area contributed by atoms with Crippen LogP contribution in [-0.2, 0) is 0 Å². The maximum atomic E-state index is 12.4. The lowest BCUT2D eigenvalue weighted by molar-refractivity contribution is 0.150. The summed E-state index contributed by atoms with van der Waals surface area (Å²) in [6.07, 6.45) is 6.34. The number of amides is 2. The second-order valence-electron chi connectivity index (χ2n) is 7.95. The number of aromatic nitrogens is 3. The van der Waals surface area contributed by atoms with Crippen LogP contribution in [0.2, 0.25) is 0 Å². The maximum absolute atomic E-state index is 12.4. The molecule has 2 amide bonds. The molecular weight excluding hydrogens is 366 g/mol. The number of carbonyl (C=O) groups excluding carboxylic acids is 1. The van der Waals surface area contributed by atoms with Gasteiger partial charge in [0.25, 0.3) is 0 Å². The van der Waals surface area contributed by atoms with E-state index in [1.165, 1.54) is 12.8 Å². The van der Waals surface area contributed by atoms with Crippen LogP contribution in [0.15, 0.2) is 48.7 Å². The monoisotopic (exact) mass is 391 g/mol. The number of para-hydroxylation sites is 1. The fourth-order valence-electron chi connectivity index (χ4n) is 3.77. The third-order valence-corrected chi connectivity index (χ3v) is 5.70. The van der Waals surface area contributed by atoms with Crippen LogP contribution in [0.25, 0.3) is 5.65 Å². The van der Waals surface area contributed by atoms with E-state index in [4.69, 9.17) is 4.74 Å². The molecule has 5 rings (SSSR count). The number of imidazole rings is 1. The molecule has 0 spiro atoms. The minimum atomic E-state index is -0.0331. The number of carbonyl (C=O) groups is 1. The van der Waals surface area contributed by atoms with Crippen molar-refractivity contribution < 1.29 is 9.53 Å². The summed E-state index contributed by atoms with van der Waals surface area (Å²) in [5.41, 5.74) is 2.83. The molecule has 0 atom stereocenters. The first kappa shape index (κ1) is 18.0. The summed E-state index contributed by atoms with van der Waals surface area (Å²) in [6, 6.07) is 13.4. The van der Waals surface area contributed by atoms with Gasteiger partial charge in [0, 0.05) is 30.8 Å². The molecule has 2 fully saturated rings. The number of nitrogens with zero attached hydrogens (tertiary/aromatic N) is 4. The molecule has 0 radical (unpaired) electrons. The van der Waals surface area contributed by atoms with Crippen molar-refractivity contribution in [2.24, 2.45) is 5.92 Å². The zero-order valence-electron chi connectivity index (χ0n) is 16.3. The van der Waals surface area contributed by atoms with Crippen LogP contribution in [0.5, 0.6) is 5.88 Å². The van der Waals surface area contributed by atoms with Crippen LogP contribution in [0, 0.1) is 5.92 Å². The van der Waals surface area contributed by atoms with Crippen LogP contribution in [0.3, 0.4) is 0 Å². The fraction of sp³-hybridized carbons (Fsp3) is 0.409. The van der Waals surface area contributed by atoms with Crippen molar-refractivity contribution in [3.63, 3.8) is 0 Å². The van der Waals surface area contributed by atoms with Gasteiger partial charge in [-0.3, -0.25) is 0 Å². The smallest absolute Gasteiger partial charge is 0.321 e. The van der Waals surface area contributed by atoms with E-state index >= 15 is 0 Å². The first-order valence-electron chi connectivity index (χ1n) is 10.3. The van der Waals surface area contributed by atoms with Crippen molar-refractivity contribution in [1.29, 1.82) is 0 Å². The van der Waals surface area contributed by atoms with E-state index in [2.05, 4.69) is 15.4 Å². The van der Waals surface area contributed by atoms with Crippen molar-refractivity contribution in [3.05, 3.63) is 54.4 Å². The van der Waals surface area contributed by atoms with Crippen LogP contribution in [0.4, 0.5) is 10.5 Å². The number of hydrogen-bond donors (Lipinski definition) is 1. The van der Waals surface area contributed by atoms with Crippen molar-refractivity contribution in [2.75, 3.05) is 25.0 Å². The number of benzene rings is 1. The second kappa shape index (κ2) is 7.73. The van der Waals surface area contributed by atoms with E-state index in [0.29, 0.717) is 24.3 Å². The van der Waals surface area contributed by atoms with Crippen molar-refractivity contribution >= 4 is 17.4 Å². The van der Waals surface area contributed by atoms with Gasteiger partial charge in [0.05, 0.1) is 18.5 Å². The molecule has 1 aromatic carbocycles. The highest BCUT2D eigenvalue weighted by molar-refractivity contribution is 5.89. The summed E-state index contributed by atoms with van der Waals surface area (Å²) in [5, 5.41) is 7.49. The molecule has 1 saturated carbocycles. The average molecular weight is 391 g/mol. The largest absolute Gasteiger partial charge is 0.476 e. The molecule has 3 heterocycles. The number of likely N-dealkylation sites (tertiary alicyclic amines) is 1. The first-order chi connectivity index (χ1) is 14.2. The van der Waals surface area contributed by atoms with Crippen molar-refractivity contribution in [3.8, 4) is 5.88 Å². The third kappa shape index (κ3) is 4.18. The molecule has 3 aromatic rings. The number of hydrogen-bond acceptors (Lipinski definition) is 4. The number of fused-ring (bicyclic) bond motifs is 1. The molecule has 1 aliphatic heterocycles. The van der Waals surface area contributed by atoms with E-state index in [0.717, 1.165) is 43.0 Å². The van der Waals surface area contributed by atoms with E-state index < -0.39 is 0 Å². The van der Waals surface area contributed by atoms with Crippen LogP contribution in [0.1, 0.15) is 37.3 Å². The SMILES string of the molecule is O=C(Nc1ccccc1)N1CCC(COc2ccc3nc(C4CC4)cn3n2)CC1. The molecule has 1 N–H and O–H groups in total. The second-order valence-corrected chi connectivity index (χ2v) is 7.95. The Labute approximate surface area is 169 Å². The molecule has 2 aromatic heterocycles. The number of urea groups is 1. The van der Waals surface area contributed by atoms with Crippen LogP contribution in [-0.4, -0.2) is 45.2 Å². The number of nitrogens with one attached hydrogen (secondary N) is 1. The molecule has 0 bridgehead atoms. The van der Waals surface area contributed by atoms with Gasteiger partial charge < -0.3 is 15.0 Å². The van der Waals surface area contributed by atoms with Gasteiger partial charge in [-0.15, -0.1) is 5.10 Å². The molecule has 1 saturated heterocycles. The zero-order chi connectivity index (χ0) is 19.6. The van der Waals surface area contributed by atoms with Gasteiger partial charge >= 0.3 is 6.03 Å². The standard InChI is InChI=1S/C22H25N5O2/c28-22(23-18-4-2-1-3-5-18)26-12-10-16(11-13-26)15-29-21-9-8-20-24-19(17-6-7-17)14-27(20)25-21/h1-5,8-9,14,16-17H,6-7,10-13,15H2,(H,23,28). The predicted molar refractivity (Wildman–Crippen MR) is 110 cm³/mol. The minimum absolute atomic E-state index is 0.0331. The lowest BCUT2D eigenvalue weighted by atomic mass is 9.98. The molecule has 7 heteroatoms. The Bertz CT molecular complexity index is 991. The van der Waals surface area contributed by atoms with Crippen molar-refractivity contribution in [1.82, 2.24) is 19.5 Å². The summed E-state index contributed by atoms with van der Waals surface area (Å²) in [6.45, 7) is 2.10. The summed E-state index contributed by atoms with van der Waals surface area (Å²) in [5.74, 6) is 1.67. The van der Waals surface area contributed by atoms with Gasteiger partial charge in [-0.05, 0) is 49.8 Å². The first-order valence-corrected chi connectivity index (χ1v) is 10.3. The van der Waals surface area contributed by atoms with Crippen LogP contribution >= 0.6 is 0 Å². The number of anilines is 1. The predicted octanol–water partition coefficient (Wildman–Crippen LogP) is 3.93. The fourth-order valence-corrected chi connectivity index (χ4v) is 3.77. The summed E-state index contributed by atoms with van der Waals surface area (Å²) in [7, 11) is 0. The Kier molecular flexibility index (Phi) is 4.79. The van der Waals surface area contributed by atoms with E-state index in [9.17, 15) is 4.79 Å². The summed E-state index contributed by atoms with van der Waals surface area (Å²) >= 11 is 0. The molecular formula is C22H25N5O2. The zero-order valence-corrected chi connectivity index (χ0v) is 16.3. The number of piperidine rings is 1. The third-order valence-electron chi connectivity index (χ3n) is 5.70. The van der Waals surface area contributed by atoms with Gasteiger partial charge in [0.1, 0.15) is 0 Å². The molecule has 0 unspecified atom stereocenters. The quantitative estimate of drug-likeness (QED) is 0.715. The molecule has 2 aliphatic rings. The lowest BCUT2D eigenvalue weighted by Crippen LogP contribution is -2.42. The molecule has 150 valence electrons. The van der Waals surface area contributed by atoms with Gasteiger partial charge in [0.15, 0.2) is 5.65 Å². The van der Waals surface area contributed by atoms with Crippen LogP contribution < -0.4 is 10.1 Å².